The van der Waals surface area contributed by atoms with Crippen molar-refractivity contribution in [2.45, 2.75) is 26.2 Å². The second-order valence-corrected chi connectivity index (χ2v) is 21.2. The zero-order valence-corrected chi connectivity index (χ0v) is 21.6. The van der Waals surface area contributed by atoms with Crippen molar-refractivity contribution >= 4 is 60.0 Å². The first-order chi connectivity index (χ1) is 15.3. The number of aromatic nitrogens is 2. The van der Waals surface area contributed by atoms with Crippen molar-refractivity contribution in [1.82, 2.24) is 9.97 Å². The molecular weight excluding hydrogens is 443 g/mol. The highest BCUT2D eigenvalue weighted by molar-refractivity contribution is 7.88. The third kappa shape index (κ3) is 2.39. The molecule has 0 radical (unpaired) electrons. The molecule has 0 aliphatic carbocycles. The van der Waals surface area contributed by atoms with E-state index in [1.165, 1.54) is 20.7 Å². The minimum absolute atomic E-state index is 0.883. The number of hydrogen-bond donors (Lipinski definition) is 0. The van der Waals surface area contributed by atoms with E-state index in [0.29, 0.717) is 0 Å². The van der Waals surface area contributed by atoms with Gasteiger partial charge in [0, 0.05) is 33.9 Å². The van der Waals surface area contributed by atoms with Gasteiger partial charge in [-0.15, -0.1) is 0 Å². The van der Waals surface area contributed by atoms with Gasteiger partial charge in [0.1, 0.15) is 16.1 Å². The first-order valence-corrected chi connectivity index (χ1v) is 18.7. The fourth-order valence-corrected chi connectivity index (χ4v) is 19.6. The molecule has 6 heteroatoms. The molecule has 0 saturated carbocycles. The summed E-state index contributed by atoms with van der Waals surface area (Å²) in [4.78, 5) is 8.93. The first kappa shape index (κ1) is 20.0. The molecule has 0 amide bonds. The van der Waals surface area contributed by atoms with Crippen LogP contribution in [0.15, 0.2) is 79.3 Å². The SMILES string of the molecule is C[Si]1(C)c2ccccc2P2(=O)c3ccccc3[Si](C)(C)c3cc(-c4cnccn4)cc1c32. The topological polar surface area (TPSA) is 42.9 Å². The molecule has 0 saturated heterocycles. The Hall–Kier alpha value is -2.60. The lowest BCUT2D eigenvalue weighted by atomic mass is 10.1. The van der Waals surface area contributed by atoms with E-state index in [1.54, 1.807) is 12.4 Å². The highest BCUT2D eigenvalue weighted by Gasteiger charge is 2.53. The minimum atomic E-state index is -2.95. The van der Waals surface area contributed by atoms with Gasteiger partial charge in [-0.25, -0.2) is 0 Å². The number of hydrogen-bond acceptors (Lipinski definition) is 3. The van der Waals surface area contributed by atoms with Gasteiger partial charge in [-0.2, -0.15) is 0 Å². The van der Waals surface area contributed by atoms with Gasteiger partial charge in [0.2, 0.25) is 0 Å². The van der Waals surface area contributed by atoms with Gasteiger partial charge in [-0.1, -0.05) is 86.9 Å². The third-order valence-electron chi connectivity index (χ3n) is 7.46. The quantitative estimate of drug-likeness (QED) is 0.317. The average Bonchev–Trinajstić information content (AvgIpc) is 2.82. The number of benzene rings is 3. The number of fused-ring (bicyclic) bond motifs is 4. The van der Waals surface area contributed by atoms with E-state index < -0.39 is 23.3 Å². The van der Waals surface area contributed by atoms with Crippen molar-refractivity contribution in [3.05, 3.63) is 79.3 Å². The lowest BCUT2D eigenvalue weighted by molar-refractivity contribution is 0.592. The van der Waals surface area contributed by atoms with Crippen LogP contribution in [0, 0.1) is 0 Å². The highest BCUT2D eigenvalue weighted by atomic mass is 31.2. The van der Waals surface area contributed by atoms with E-state index >= 15 is 4.57 Å². The first-order valence-electron chi connectivity index (χ1n) is 11.0. The number of rotatable bonds is 1. The van der Waals surface area contributed by atoms with E-state index in [0.717, 1.165) is 27.2 Å². The molecule has 4 aromatic rings. The second-order valence-electron chi connectivity index (χ2n) is 9.90. The Morgan fingerprint density at radius 3 is 1.75 bits per heavy atom. The van der Waals surface area contributed by atoms with Crippen LogP contribution in [0.3, 0.4) is 0 Å². The molecule has 0 bridgehead atoms. The summed E-state index contributed by atoms with van der Waals surface area (Å²) in [7, 11) is -7.11. The Morgan fingerprint density at radius 2 is 1.25 bits per heavy atom. The van der Waals surface area contributed by atoms with Gasteiger partial charge >= 0.3 is 0 Å². The predicted octanol–water partition coefficient (Wildman–Crippen LogP) is 2.05. The Balaban J connectivity index is 1.82. The zero-order chi connectivity index (χ0) is 22.3. The van der Waals surface area contributed by atoms with Crippen LogP contribution in [0.25, 0.3) is 11.3 Å². The zero-order valence-electron chi connectivity index (χ0n) is 18.8. The summed E-state index contributed by atoms with van der Waals surface area (Å²) in [6, 6.07) is 21.6. The average molecular weight is 469 g/mol. The molecule has 2 aliphatic rings. The summed E-state index contributed by atoms with van der Waals surface area (Å²) < 4.78 is 15.4. The summed E-state index contributed by atoms with van der Waals surface area (Å²) in [6.07, 6.45) is 5.30. The van der Waals surface area contributed by atoms with Crippen molar-refractivity contribution in [3.63, 3.8) is 0 Å². The standard InChI is InChI=1S/C26H25N2OPSi2/c1-31(2)22-11-7-5-9-20(22)30(29)21-10-6-8-12-23(21)32(3,4)25-16-18(15-24(31)26(25)30)19-17-27-13-14-28-19/h5-17H,1-4H3. The smallest absolute Gasteiger partial charge is 0.170 e. The fourth-order valence-electron chi connectivity index (χ4n) is 5.74. The lowest BCUT2D eigenvalue weighted by Gasteiger charge is -2.46. The normalized spacial score (nSPS) is 18.2. The maximum atomic E-state index is 15.4. The Labute approximate surface area is 191 Å². The van der Waals surface area contributed by atoms with E-state index in [2.05, 4.69) is 96.8 Å². The third-order valence-corrected chi connectivity index (χ3v) is 18.6. The Bertz CT molecular complexity index is 1380. The van der Waals surface area contributed by atoms with E-state index in [9.17, 15) is 0 Å². The fraction of sp³-hybridized carbons (Fsp3) is 0.154. The molecule has 0 unspecified atom stereocenters. The summed E-state index contributed by atoms with van der Waals surface area (Å²) >= 11 is 0. The molecule has 0 N–H and O–H groups in total. The van der Waals surface area contributed by atoms with Crippen LogP contribution < -0.4 is 36.7 Å². The van der Waals surface area contributed by atoms with Crippen molar-refractivity contribution in [2.24, 2.45) is 0 Å². The second kappa shape index (κ2) is 6.47. The maximum absolute atomic E-state index is 15.4. The van der Waals surface area contributed by atoms with Crippen LogP contribution in [-0.4, -0.2) is 26.1 Å². The van der Waals surface area contributed by atoms with Crippen LogP contribution in [0.1, 0.15) is 0 Å². The van der Waals surface area contributed by atoms with E-state index in [1.807, 2.05) is 6.20 Å². The summed E-state index contributed by atoms with van der Waals surface area (Å²) in [5, 5.41) is 8.50. The summed E-state index contributed by atoms with van der Waals surface area (Å²) in [5.41, 5.74) is 1.98. The van der Waals surface area contributed by atoms with Crippen molar-refractivity contribution in [1.29, 1.82) is 0 Å². The molecule has 1 aromatic heterocycles. The molecule has 3 aromatic carbocycles. The van der Waals surface area contributed by atoms with Crippen molar-refractivity contribution in [3.8, 4) is 11.3 Å². The van der Waals surface area contributed by atoms with Crippen molar-refractivity contribution < 1.29 is 4.57 Å². The van der Waals surface area contributed by atoms with Gasteiger partial charge in [0.05, 0.1) is 11.9 Å². The highest BCUT2D eigenvalue weighted by Crippen LogP contribution is 2.46. The minimum Gasteiger partial charge on any atom is -0.309 e. The summed E-state index contributed by atoms with van der Waals surface area (Å²) in [5.74, 6) is 0. The molecule has 158 valence electrons. The molecule has 2 aliphatic heterocycles. The van der Waals surface area contributed by atoms with Crippen molar-refractivity contribution in [2.75, 3.05) is 0 Å². The molecule has 3 heterocycles. The Morgan fingerprint density at radius 1 is 0.719 bits per heavy atom. The van der Waals surface area contributed by atoms with Gasteiger partial charge in [-0.05, 0) is 20.7 Å². The molecule has 0 spiro atoms. The molecule has 6 rings (SSSR count). The number of nitrogens with zero attached hydrogens (tertiary/aromatic N) is 2. The Kier molecular flexibility index (Phi) is 4.05. The largest absolute Gasteiger partial charge is 0.309 e. The van der Waals surface area contributed by atoms with Gasteiger partial charge in [0.25, 0.3) is 0 Å². The van der Waals surface area contributed by atoms with E-state index in [-0.39, 0.29) is 0 Å². The molecule has 32 heavy (non-hydrogen) atoms. The van der Waals surface area contributed by atoms with Gasteiger partial charge in [-0.3, -0.25) is 9.97 Å². The molecule has 0 fully saturated rings. The maximum Gasteiger partial charge on any atom is 0.170 e. The van der Waals surface area contributed by atoms with E-state index in [4.69, 9.17) is 0 Å². The van der Waals surface area contributed by atoms with Crippen LogP contribution in [0.4, 0.5) is 0 Å². The van der Waals surface area contributed by atoms with Crippen LogP contribution in [-0.2, 0) is 4.57 Å². The van der Waals surface area contributed by atoms with Crippen LogP contribution >= 0.6 is 7.14 Å². The van der Waals surface area contributed by atoms with Gasteiger partial charge in [0.15, 0.2) is 7.14 Å². The summed E-state index contributed by atoms with van der Waals surface area (Å²) in [6.45, 7) is 9.61. The monoisotopic (exact) mass is 468 g/mol. The van der Waals surface area contributed by atoms with Gasteiger partial charge < -0.3 is 4.57 Å². The van der Waals surface area contributed by atoms with Crippen LogP contribution in [0.2, 0.25) is 26.2 Å². The lowest BCUT2D eigenvalue weighted by Crippen LogP contribution is -2.76. The predicted molar refractivity (Wildman–Crippen MR) is 140 cm³/mol. The molecular formula is C26H25N2OPSi2. The molecule has 0 atom stereocenters. The molecule has 3 nitrogen and oxygen atoms in total. The van der Waals surface area contributed by atoms with Crippen LogP contribution in [0.5, 0.6) is 0 Å².